The molecule has 0 bridgehead atoms. The lowest BCUT2D eigenvalue weighted by Gasteiger charge is -2.20. The van der Waals surface area contributed by atoms with E-state index in [0.29, 0.717) is 19.8 Å². The van der Waals surface area contributed by atoms with Crippen LogP contribution in [0.3, 0.4) is 0 Å². The van der Waals surface area contributed by atoms with Crippen molar-refractivity contribution in [1.29, 1.82) is 0 Å². The molecule has 0 heterocycles. The van der Waals surface area contributed by atoms with E-state index in [4.69, 9.17) is 4.74 Å². The number of likely N-dealkylation sites (N-methyl/N-ethyl adjacent to an activating group) is 1. The monoisotopic (exact) mass is 263 g/mol. The van der Waals surface area contributed by atoms with Crippen molar-refractivity contribution in [3.8, 4) is 0 Å². The Morgan fingerprint density at radius 3 is 2.68 bits per heavy atom. The van der Waals surface area contributed by atoms with Crippen LogP contribution in [0.2, 0.25) is 0 Å². The van der Waals surface area contributed by atoms with Crippen LogP contribution in [-0.2, 0) is 11.3 Å². The van der Waals surface area contributed by atoms with Gasteiger partial charge in [-0.2, -0.15) is 0 Å². The predicted molar refractivity (Wildman–Crippen MR) is 76.9 cm³/mol. The van der Waals surface area contributed by atoms with Gasteiger partial charge in [0.15, 0.2) is 0 Å². The Morgan fingerprint density at radius 1 is 1.37 bits per heavy atom. The number of hydrogen-bond acceptors (Lipinski definition) is 3. The fourth-order valence-electron chi connectivity index (χ4n) is 2.43. The topological polar surface area (TPSA) is 32.7 Å². The smallest absolute Gasteiger partial charge is 0.0900 e. The maximum atomic E-state index is 9.93. The molecule has 3 unspecified atom stereocenters. The second-order valence-electron chi connectivity index (χ2n) is 5.85. The zero-order chi connectivity index (χ0) is 13.7. The van der Waals surface area contributed by atoms with Crippen molar-refractivity contribution >= 4 is 0 Å². The molecule has 0 radical (unpaired) electrons. The Kier molecular flexibility index (Phi) is 5.37. The molecular formula is C16H25NO2. The van der Waals surface area contributed by atoms with Crippen molar-refractivity contribution < 1.29 is 9.84 Å². The number of aliphatic hydroxyl groups excluding tert-OH is 1. The van der Waals surface area contributed by atoms with Crippen molar-refractivity contribution in [3.63, 3.8) is 0 Å². The fraction of sp³-hybridized carbons (Fsp3) is 0.625. The number of benzene rings is 1. The van der Waals surface area contributed by atoms with Crippen molar-refractivity contribution in [2.75, 3.05) is 26.7 Å². The molecular weight excluding hydrogens is 238 g/mol. The first-order valence-electron chi connectivity index (χ1n) is 7.13. The Morgan fingerprint density at radius 2 is 2.05 bits per heavy atom. The Balaban J connectivity index is 1.57. The van der Waals surface area contributed by atoms with Crippen molar-refractivity contribution in [1.82, 2.24) is 4.90 Å². The molecule has 1 fully saturated rings. The molecule has 0 aliphatic heterocycles. The summed E-state index contributed by atoms with van der Waals surface area (Å²) in [4.78, 5) is 2.21. The van der Waals surface area contributed by atoms with E-state index in [0.717, 1.165) is 23.9 Å². The lowest BCUT2D eigenvalue weighted by Crippen LogP contribution is -2.33. The van der Waals surface area contributed by atoms with Crippen LogP contribution >= 0.6 is 0 Å². The predicted octanol–water partition coefficient (Wildman–Crippen LogP) is 2.15. The van der Waals surface area contributed by atoms with Crippen molar-refractivity contribution in [2.45, 2.75) is 26.1 Å². The summed E-state index contributed by atoms with van der Waals surface area (Å²) in [7, 11) is 2.07. The van der Waals surface area contributed by atoms with Crippen LogP contribution in [0.5, 0.6) is 0 Å². The molecule has 1 aromatic rings. The van der Waals surface area contributed by atoms with Crippen LogP contribution in [0.1, 0.15) is 18.9 Å². The van der Waals surface area contributed by atoms with E-state index in [1.165, 1.54) is 6.42 Å². The van der Waals surface area contributed by atoms with Gasteiger partial charge in [-0.1, -0.05) is 37.3 Å². The van der Waals surface area contributed by atoms with Gasteiger partial charge in [0.2, 0.25) is 0 Å². The highest BCUT2D eigenvalue weighted by atomic mass is 16.5. The van der Waals surface area contributed by atoms with E-state index in [1.807, 2.05) is 30.3 Å². The average molecular weight is 263 g/mol. The second kappa shape index (κ2) is 7.04. The van der Waals surface area contributed by atoms with E-state index in [2.05, 4.69) is 18.9 Å². The lowest BCUT2D eigenvalue weighted by atomic mass is 10.2. The highest BCUT2D eigenvalue weighted by Gasteiger charge is 2.33. The Labute approximate surface area is 116 Å². The number of hydrogen-bond donors (Lipinski definition) is 1. The third-order valence-corrected chi connectivity index (χ3v) is 3.77. The van der Waals surface area contributed by atoms with Crippen LogP contribution < -0.4 is 0 Å². The third-order valence-electron chi connectivity index (χ3n) is 3.77. The molecule has 1 N–H and O–H groups in total. The SMILES string of the molecule is CC1CC1CN(C)CC(O)COCc1ccccc1. The van der Waals surface area contributed by atoms with Crippen LogP contribution in [-0.4, -0.2) is 42.9 Å². The van der Waals surface area contributed by atoms with Crippen molar-refractivity contribution in [3.05, 3.63) is 35.9 Å². The molecule has 1 aliphatic rings. The summed E-state index contributed by atoms with van der Waals surface area (Å²) >= 11 is 0. The summed E-state index contributed by atoms with van der Waals surface area (Å²) in [5.41, 5.74) is 1.15. The van der Waals surface area contributed by atoms with Crippen LogP contribution in [0.25, 0.3) is 0 Å². The maximum absolute atomic E-state index is 9.93. The van der Waals surface area contributed by atoms with E-state index < -0.39 is 6.10 Å². The van der Waals surface area contributed by atoms with Gasteiger partial charge >= 0.3 is 0 Å². The van der Waals surface area contributed by atoms with Crippen LogP contribution in [0.15, 0.2) is 30.3 Å². The van der Waals surface area contributed by atoms with E-state index in [1.54, 1.807) is 0 Å². The molecule has 1 aliphatic carbocycles. The second-order valence-corrected chi connectivity index (χ2v) is 5.85. The van der Waals surface area contributed by atoms with Gasteiger partial charge in [-0.3, -0.25) is 0 Å². The van der Waals surface area contributed by atoms with Crippen LogP contribution in [0.4, 0.5) is 0 Å². The molecule has 0 saturated heterocycles. The largest absolute Gasteiger partial charge is 0.389 e. The minimum Gasteiger partial charge on any atom is -0.389 e. The Bertz CT molecular complexity index is 368. The highest BCUT2D eigenvalue weighted by molar-refractivity contribution is 5.13. The molecule has 106 valence electrons. The molecule has 3 atom stereocenters. The van der Waals surface area contributed by atoms with Gasteiger partial charge in [0.1, 0.15) is 0 Å². The maximum Gasteiger partial charge on any atom is 0.0900 e. The fourth-order valence-corrected chi connectivity index (χ4v) is 2.43. The molecule has 0 aromatic heterocycles. The molecule has 19 heavy (non-hydrogen) atoms. The average Bonchev–Trinajstić information content (AvgIpc) is 3.05. The number of nitrogens with zero attached hydrogens (tertiary/aromatic N) is 1. The quantitative estimate of drug-likeness (QED) is 0.780. The van der Waals surface area contributed by atoms with E-state index in [-0.39, 0.29) is 0 Å². The summed E-state index contributed by atoms with van der Waals surface area (Å²) in [5, 5.41) is 9.93. The zero-order valence-corrected chi connectivity index (χ0v) is 12.0. The lowest BCUT2D eigenvalue weighted by molar-refractivity contribution is 0.0130. The highest BCUT2D eigenvalue weighted by Crippen LogP contribution is 2.37. The molecule has 2 rings (SSSR count). The standard InChI is InChI=1S/C16H25NO2/c1-13-8-15(13)9-17(2)10-16(18)12-19-11-14-6-4-3-5-7-14/h3-7,13,15-16,18H,8-12H2,1-2H3. The number of ether oxygens (including phenoxy) is 1. The summed E-state index contributed by atoms with van der Waals surface area (Å²) in [5.74, 6) is 1.70. The van der Waals surface area contributed by atoms with Gasteiger partial charge < -0.3 is 14.7 Å². The number of rotatable bonds is 8. The van der Waals surface area contributed by atoms with Gasteiger partial charge in [-0.25, -0.2) is 0 Å². The molecule has 3 nitrogen and oxygen atoms in total. The minimum atomic E-state index is -0.400. The first-order valence-corrected chi connectivity index (χ1v) is 7.13. The number of aliphatic hydroxyl groups is 1. The molecule has 1 aromatic carbocycles. The van der Waals surface area contributed by atoms with Gasteiger partial charge in [-0.15, -0.1) is 0 Å². The van der Waals surface area contributed by atoms with Gasteiger partial charge in [0.25, 0.3) is 0 Å². The minimum absolute atomic E-state index is 0.400. The van der Waals surface area contributed by atoms with Gasteiger partial charge in [0, 0.05) is 13.1 Å². The Hall–Kier alpha value is -0.900. The zero-order valence-electron chi connectivity index (χ0n) is 12.0. The first kappa shape index (κ1) is 14.5. The molecule has 0 amide bonds. The van der Waals surface area contributed by atoms with Crippen LogP contribution in [0, 0.1) is 11.8 Å². The molecule has 3 heteroatoms. The van der Waals surface area contributed by atoms with Gasteiger partial charge in [0.05, 0.1) is 19.3 Å². The van der Waals surface area contributed by atoms with E-state index in [9.17, 15) is 5.11 Å². The van der Waals surface area contributed by atoms with Gasteiger partial charge in [-0.05, 0) is 30.9 Å². The summed E-state index contributed by atoms with van der Waals surface area (Å²) in [6, 6.07) is 10.1. The molecule has 1 saturated carbocycles. The summed E-state index contributed by atoms with van der Waals surface area (Å²) < 4.78 is 5.55. The normalized spacial score (nSPS) is 23.6. The summed E-state index contributed by atoms with van der Waals surface area (Å²) in [6.45, 7) is 5.05. The van der Waals surface area contributed by atoms with Crippen molar-refractivity contribution in [2.24, 2.45) is 11.8 Å². The molecule has 0 spiro atoms. The summed E-state index contributed by atoms with van der Waals surface area (Å²) in [6.07, 6.45) is 0.938. The third kappa shape index (κ3) is 5.31. The van der Waals surface area contributed by atoms with E-state index >= 15 is 0 Å². The first-order chi connectivity index (χ1) is 9.15.